The van der Waals surface area contributed by atoms with Crippen molar-refractivity contribution in [2.75, 3.05) is 12.4 Å². The molecular weight excluding hydrogens is 252 g/mol. The molecule has 0 aliphatic heterocycles. The van der Waals surface area contributed by atoms with Gasteiger partial charge in [-0.3, -0.25) is 0 Å². The van der Waals surface area contributed by atoms with Gasteiger partial charge >= 0.3 is 0 Å². The quantitative estimate of drug-likeness (QED) is 0.604. The Bertz CT molecular complexity index is 302. The fourth-order valence-corrected chi connectivity index (χ4v) is 1.83. The summed E-state index contributed by atoms with van der Waals surface area (Å²) in [5.41, 5.74) is 1.04. The van der Waals surface area contributed by atoms with Gasteiger partial charge in [-0.05, 0) is 31.0 Å². The molecule has 0 radical (unpaired) electrons. The zero-order chi connectivity index (χ0) is 11.1. The van der Waals surface area contributed by atoms with Gasteiger partial charge in [0.15, 0.2) is 0 Å². The van der Waals surface area contributed by atoms with Crippen LogP contribution in [-0.4, -0.2) is 12.4 Å². The van der Waals surface area contributed by atoms with Gasteiger partial charge in [-0.1, -0.05) is 35.3 Å². The second-order valence-corrected chi connectivity index (χ2v) is 4.45. The van der Waals surface area contributed by atoms with Crippen LogP contribution in [0.1, 0.15) is 18.4 Å². The molecule has 1 aromatic rings. The maximum Gasteiger partial charge on any atom is 0.0637 e. The molecular formula is C11H14Cl3N. The van der Waals surface area contributed by atoms with Gasteiger partial charge in [-0.2, -0.15) is 0 Å². The van der Waals surface area contributed by atoms with E-state index >= 15 is 0 Å². The first kappa shape index (κ1) is 13.1. The summed E-state index contributed by atoms with van der Waals surface area (Å²) >= 11 is 17.5. The number of benzene rings is 1. The first-order chi connectivity index (χ1) is 7.25. The molecule has 15 heavy (non-hydrogen) atoms. The van der Waals surface area contributed by atoms with Crippen molar-refractivity contribution in [1.29, 1.82) is 0 Å². The van der Waals surface area contributed by atoms with E-state index in [9.17, 15) is 0 Å². The van der Waals surface area contributed by atoms with Gasteiger partial charge in [0.25, 0.3) is 0 Å². The Morgan fingerprint density at radius 2 is 1.93 bits per heavy atom. The van der Waals surface area contributed by atoms with E-state index in [2.05, 4.69) is 5.32 Å². The minimum atomic E-state index is 0.608. The molecule has 1 aromatic carbocycles. The van der Waals surface area contributed by atoms with Gasteiger partial charge in [0.05, 0.1) is 10.0 Å². The highest BCUT2D eigenvalue weighted by molar-refractivity contribution is 6.42. The van der Waals surface area contributed by atoms with Crippen LogP contribution in [0.25, 0.3) is 0 Å². The van der Waals surface area contributed by atoms with E-state index in [1.54, 1.807) is 6.07 Å². The van der Waals surface area contributed by atoms with E-state index < -0.39 is 0 Å². The van der Waals surface area contributed by atoms with Gasteiger partial charge < -0.3 is 5.32 Å². The van der Waals surface area contributed by atoms with Crippen molar-refractivity contribution >= 4 is 34.8 Å². The Kier molecular flexibility index (Phi) is 6.42. The molecule has 4 heteroatoms. The molecule has 0 atom stereocenters. The van der Waals surface area contributed by atoms with Gasteiger partial charge in [0.2, 0.25) is 0 Å². The maximum atomic E-state index is 6.04. The molecule has 0 saturated carbocycles. The lowest BCUT2D eigenvalue weighted by molar-refractivity contribution is 0.643. The summed E-state index contributed by atoms with van der Waals surface area (Å²) in [4.78, 5) is 0. The van der Waals surface area contributed by atoms with E-state index in [4.69, 9.17) is 34.8 Å². The van der Waals surface area contributed by atoms with Crippen molar-refractivity contribution in [2.45, 2.75) is 19.4 Å². The lowest BCUT2D eigenvalue weighted by Crippen LogP contribution is -2.15. The van der Waals surface area contributed by atoms with Crippen LogP contribution < -0.4 is 5.32 Å². The van der Waals surface area contributed by atoms with Crippen molar-refractivity contribution in [3.05, 3.63) is 33.8 Å². The molecule has 0 heterocycles. The fraction of sp³-hybridized carbons (Fsp3) is 0.455. The normalized spacial score (nSPS) is 10.6. The van der Waals surface area contributed by atoms with E-state index in [0.717, 1.165) is 37.4 Å². The molecule has 0 aromatic heterocycles. The summed E-state index contributed by atoms with van der Waals surface area (Å²) in [5, 5.41) is 4.55. The Hall–Kier alpha value is 0.0500. The largest absolute Gasteiger partial charge is 0.313 e. The van der Waals surface area contributed by atoms with Gasteiger partial charge in [0.1, 0.15) is 0 Å². The maximum absolute atomic E-state index is 6.04. The SMILES string of the molecule is ClCCCCNCc1cccc(Cl)c1Cl. The number of halogens is 3. The summed E-state index contributed by atoms with van der Waals surface area (Å²) in [5.74, 6) is 0.722. The fourth-order valence-electron chi connectivity index (χ4n) is 1.25. The molecule has 0 amide bonds. The Labute approximate surface area is 106 Å². The van der Waals surface area contributed by atoms with E-state index in [-0.39, 0.29) is 0 Å². The number of hydrogen-bond acceptors (Lipinski definition) is 1. The Morgan fingerprint density at radius 3 is 2.67 bits per heavy atom. The van der Waals surface area contributed by atoms with E-state index in [0.29, 0.717) is 10.0 Å². The van der Waals surface area contributed by atoms with Crippen LogP contribution in [0.5, 0.6) is 0 Å². The second kappa shape index (κ2) is 7.34. The predicted molar refractivity (Wildman–Crippen MR) is 68.1 cm³/mol. The zero-order valence-corrected chi connectivity index (χ0v) is 10.7. The summed E-state index contributed by atoms with van der Waals surface area (Å²) in [6, 6.07) is 5.67. The highest BCUT2D eigenvalue weighted by Gasteiger charge is 2.02. The number of alkyl halides is 1. The van der Waals surface area contributed by atoms with Crippen molar-refractivity contribution in [3.8, 4) is 0 Å². The van der Waals surface area contributed by atoms with Crippen molar-refractivity contribution in [3.63, 3.8) is 0 Å². The van der Waals surface area contributed by atoms with Crippen LogP contribution in [-0.2, 0) is 6.54 Å². The molecule has 1 rings (SSSR count). The third-order valence-electron chi connectivity index (χ3n) is 2.08. The standard InChI is InChI=1S/C11H14Cl3N/c12-6-1-2-7-15-8-9-4-3-5-10(13)11(9)14/h3-5,15H,1-2,6-8H2. The summed E-state index contributed by atoms with van der Waals surface area (Å²) in [6.07, 6.45) is 2.12. The van der Waals surface area contributed by atoms with Crippen LogP contribution in [0.2, 0.25) is 10.0 Å². The third kappa shape index (κ3) is 4.60. The number of hydrogen-bond donors (Lipinski definition) is 1. The molecule has 1 nitrogen and oxygen atoms in total. The van der Waals surface area contributed by atoms with Gasteiger partial charge in [0, 0.05) is 12.4 Å². The van der Waals surface area contributed by atoms with Crippen LogP contribution in [0.3, 0.4) is 0 Å². The summed E-state index contributed by atoms with van der Waals surface area (Å²) in [7, 11) is 0. The minimum Gasteiger partial charge on any atom is -0.313 e. The summed E-state index contributed by atoms with van der Waals surface area (Å²) < 4.78 is 0. The Balaban J connectivity index is 2.34. The molecule has 0 bridgehead atoms. The highest BCUT2D eigenvalue weighted by atomic mass is 35.5. The first-order valence-corrected chi connectivity index (χ1v) is 6.24. The van der Waals surface area contributed by atoms with Gasteiger partial charge in [-0.25, -0.2) is 0 Å². The monoisotopic (exact) mass is 265 g/mol. The smallest absolute Gasteiger partial charge is 0.0637 e. The molecule has 0 saturated heterocycles. The van der Waals surface area contributed by atoms with Crippen LogP contribution in [0, 0.1) is 0 Å². The van der Waals surface area contributed by atoms with Crippen molar-refractivity contribution in [2.24, 2.45) is 0 Å². The van der Waals surface area contributed by atoms with Gasteiger partial charge in [-0.15, -0.1) is 11.6 Å². The van der Waals surface area contributed by atoms with Crippen LogP contribution in [0.4, 0.5) is 0 Å². The molecule has 0 spiro atoms. The molecule has 0 aliphatic carbocycles. The topological polar surface area (TPSA) is 12.0 Å². The van der Waals surface area contributed by atoms with Crippen LogP contribution >= 0.6 is 34.8 Å². The highest BCUT2D eigenvalue weighted by Crippen LogP contribution is 2.25. The molecule has 84 valence electrons. The van der Waals surface area contributed by atoms with E-state index in [1.807, 2.05) is 12.1 Å². The molecule has 0 fully saturated rings. The zero-order valence-electron chi connectivity index (χ0n) is 8.40. The minimum absolute atomic E-state index is 0.608. The lowest BCUT2D eigenvalue weighted by Gasteiger charge is -2.07. The number of unbranched alkanes of at least 4 members (excludes halogenated alkanes) is 1. The summed E-state index contributed by atoms with van der Waals surface area (Å²) in [6.45, 7) is 1.71. The lowest BCUT2D eigenvalue weighted by atomic mass is 10.2. The number of rotatable bonds is 6. The molecule has 1 N–H and O–H groups in total. The first-order valence-electron chi connectivity index (χ1n) is 4.95. The number of nitrogens with one attached hydrogen (secondary N) is 1. The average Bonchev–Trinajstić information content (AvgIpc) is 2.24. The van der Waals surface area contributed by atoms with Crippen molar-refractivity contribution < 1.29 is 0 Å². The van der Waals surface area contributed by atoms with E-state index in [1.165, 1.54) is 0 Å². The molecule has 0 unspecified atom stereocenters. The average molecular weight is 267 g/mol. The predicted octanol–water partition coefficient (Wildman–Crippen LogP) is 4.10. The molecule has 0 aliphatic rings. The van der Waals surface area contributed by atoms with Crippen molar-refractivity contribution in [1.82, 2.24) is 5.32 Å². The van der Waals surface area contributed by atoms with Crippen LogP contribution in [0.15, 0.2) is 18.2 Å². The third-order valence-corrected chi connectivity index (χ3v) is 3.21. The second-order valence-electron chi connectivity index (χ2n) is 3.29. The Morgan fingerprint density at radius 1 is 1.13 bits per heavy atom.